The molecule has 1 rings (SSSR count). The zero-order valence-corrected chi connectivity index (χ0v) is 7.90. The summed E-state index contributed by atoms with van der Waals surface area (Å²) in [7, 11) is 0. The van der Waals surface area contributed by atoms with Crippen molar-refractivity contribution in [2.45, 2.75) is 0 Å². The number of rotatable bonds is 0. The molecule has 1 atom stereocenters. The van der Waals surface area contributed by atoms with E-state index in [0.717, 1.165) is 0 Å². The summed E-state index contributed by atoms with van der Waals surface area (Å²) in [6, 6.07) is 5.72. The Morgan fingerprint density at radius 1 is 1.10 bits per heavy atom. The Labute approximate surface area is 69.0 Å². The van der Waals surface area contributed by atoms with E-state index >= 15 is 0 Å². The van der Waals surface area contributed by atoms with Crippen LogP contribution >= 0.6 is 0 Å². The summed E-state index contributed by atoms with van der Waals surface area (Å²) in [5, 5.41) is 0. The number of pyridine rings is 1. The molecule has 0 aliphatic rings. The molecule has 1 unspecified atom stereocenters. The fourth-order valence-electron chi connectivity index (χ4n) is 0.313. The van der Waals surface area contributed by atoms with E-state index in [0.29, 0.717) is 17.2 Å². The zero-order valence-electron chi connectivity index (χ0n) is 5.47. The first kappa shape index (κ1) is 12.1. The maximum atomic E-state index is 8.00. The molecule has 0 bridgehead atoms. The molecule has 0 spiro atoms. The Kier molecular flexibility index (Phi) is 19.0. The average molecular weight is 203 g/mol. The SMILES string of the molecule is C=O.O[AsH2].c1ccncc1. The topological polar surface area (TPSA) is 50.2 Å². The third-order valence-electron chi connectivity index (χ3n) is 0.566. The van der Waals surface area contributed by atoms with Crippen LogP contribution in [0.15, 0.2) is 30.6 Å². The second-order valence-corrected chi connectivity index (χ2v) is 1.02. The third kappa shape index (κ3) is 10.3. The second-order valence-electron chi connectivity index (χ2n) is 1.02. The van der Waals surface area contributed by atoms with Crippen LogP contribution in [-0.2, 0) is 4.79 Å². The minimum Gasteiger partial charge on any atom is -0.265 e. The minimum atomic E-state index is 0.688. The Morgan fingerprint density at radius 3 is 1.60 bits per heavy atom. The van der Waals surface area contributed by atoms with E-state index in [-0.39, 0.29) is 0 Å². The second kappa shape index (κ2) is 15.8. The van der Waals surface area contributed by atoms with Gasteiger partial charge in [-0.15, -0.1) is 0 Å². The molecule has 1 aromatic rings. The van der Waals surface area contributed by atoms with Crippen LogP contribution in [0.3, 0.4) is 0 Å². The monoisotopic (exact) mass is 203 g/mol. The van der Waals surface area contributed by atoms with Crippen molar-refractivity contribution in [2.24, 2.45) is 0 Å². The molecular weight excluding hydrogens is 193 g/mol. The first-order valence-electron chi connectivity index (χ1n) is 2.40. The number of nitrogens with zero attached hydrogens (tertiary/aromatic N) is 1. The minimum absolute atomic E-state index is 0.688. The third-order valence-corrected chi connectivity index (χ3v) is 0.566. The van der Waals surface area contributed by atoms with Gasteiger partial charge in [-0.3, -0.25) is 4.98 Å². The van der Waals surface area contributed by atoms with E-state index in [2.05, 4.69) is 4.98 Å². The van der Waals surface area contributed by atoms with Gasteiger partial charge in [-0.1, -0.05) is 6.07 Å². The number of hydrogen-bond acceptors (Lipinski definition) is 3. The van der Waals surface area contributed by atoms with Crippen molar-refractivity contribution < 1.29 is 8.89 Å². The Bertz CT molecular complexity index is 98.6. The van der Waals surface area contributed by atoms with Crippen LogP contribution in [-0.4, -0.2) is 33.1 Å². The van der Waals surface area contributed by atoms with Crippen molar-refractivity contribution in [3.8, 4) is 0 Å². The van der Waals surface area contributed by atoms with Gasteiger partial charge in [0.1, 0.15) is 6.79 Å². The maximum Gasteiger partial charge on any atom is 0.0267 e. The molecule has 10 heavy (non-hydrogen) atoms. The standard InChI is InChI=1S/C5H5N.CH2O.AsH3O/c1-2-4-6-5-3-1;2*1-2/h1-5H;1H2;2H,1H2. The molecule has 0 saturated carbocycles. The molecule has 0 aliphatic heterocycles. The van der Waals surface area contributed by atoms with E-state index in [4.69, 9.17) is 8.89 Å². The van der Waals surface area contributed by atoms with Gasteiger partial charge in [0.15, 0.2) is 0 Å². The summed E-state index contributed by atoms with van der Waals surface area (Å²) < 4.78 is 7.06. The fraction of sp³-hybridized carbons (Fsp3) is 0. The average Bonchev–Trinajstić information content (AvgIpc) is 2.14. The maximum absolute atomic E-state index is 8.00. The van der Waals surface area contributed by atoms with Gasteiger partial charge in [0.25, 0.3) is 0 Å². The molecule has 1 heterocycles. The first-order chi connectivity index (χ1) is 5.00. The van der Waals surface area contributed by atoms with Crippen LogP contribution in [0.4, 0.5) is 0 Å². The molecule has 0 radical (unpaired) electrons. The van der Waals surface area contributed by atoms with Crippen molar-refractivity contribution in [1.29, 1.82) is 0 Å². The summed E-state index contributed by atoms with van der Waals surface area (Å²) in [5.41, 5.74) is 0. The molecule has 1 N–H and O–H groups in total. The van der Waals surface area contributed by atoms with Crippen LogP contribution in [0.5, 0.6) is 0 Å². The molecular formula is C6H10AsNO2. The molecule has 0 saturated heterocycles. The van der Waals surface area contributed by atoms with Gasteiger partial charge in [-0.25, -0.2) is 0 Å². The van der Waals surface area contributed by atoms with E-state index in [1.165, 1.54) is 0 Å². The smallest absolute Gasteiger partial charge is 0.0267 e. The van der Waals surface area contributed by atoms with E-state index < -0.39 is 0 Å². The van der Waals surface area contributed by atoms with E-state index in [1.807, 2.05) is 25.0 Å². The van der Waals surface area contributed by atoms with Crippen LogP contribution in [0.2, 0.25) is 0 Å². The molecule has 0 fully saturated rings. The van der Waals surface area contributed by atoms with Crippen molar-refractivity contribution in [1.82, 2.24) is 4.98 Å². The number of carbonyl (C=O) groups excluding carboxylic acids is 1. The van der Waals surface area contributed by atoms with Gasteiger partial charge in [0.05, 0.1) is 0 Å². The number of aromatic nitrogens is 1. The van der Waals surface area contributed by atoms with Gasteiger partial charge in [0, 0.05) is 12.4 Å². The Morgan fingerprint density at radius 2 is 1.50 bits per heavy atom. The Hall–Kier alpha value is -0.662. The van der Waals surface area contributed by atoms with E-state index in [9.17, 15) is 0 Å². The molecule has 0 amide bonds. The van der Waals surface area contributed by atoms with Gasteiger partial charge >= 0.3 is 21.3 Å². The molecule has 3 nitrogen and oxygen atoms in total. The predicted molar refractivity (Wildman–Crippen MR) is 42.1 cm³/mol. The summed E-state index contributed by atoms with van der Waals surface area (Å²) in [6.07, 6.45) is 3.50. The van der Waals surface area contributed by atoms with E-state index in [1.54, 1.807) is 12.4 Å². The van der Waals surface area contributed by atoms with Crippen LogP contribution < -0.4 is 0 Å². The predicted octanol–water partition coefficient (Wildman–Crippen LogP) is -0.577. The van der Waals surface area contributed by atoms with Gasteiger partial charge in [-0.05, 0) is 12.1 Å². The van der Waals surface area contributed by atoms with Crippen molar-refractivity contribution in [2.75, 3.05) is 0 Å². The fourth-order valence-corrected chi connectivity index (χ4v) is 0.313. The molecule has 0 aliphatic carbocycles. The summed E-state index contributed by atoms with van der Waals surface area (Å²) >= 11 is 0.688. The van der Waals surface area contributed by atoms with Gasteiger partial charge in [0.2, 0.25) is 0 Å². The molecule has 56 valence electrons. The van der Waals surface area contributed by atoms with Crippen LogP contribution in [0, 0.1) is 0 Å². The van der Waals surface area contributed by atoms with Crippen molar-refractivity contribution in [3.05, 3.63) is 30.6 Å². The number of hydrogen-bond donors (Lipinski definition) is 1. The molecule has 1 aromatic heterocycles. The number of carbonyl (C=O) groups is 1. The van der Waals surface area contributed by atoms with Gasteiger partial charge < -0.3 is 4.79 Å². The van der Waals surface area contributed by atoms with Crippen LogP contribution in [0.1, 0.15) is 0 Å². The van der Waals surface area contributed by atoms with Crippen LogP contribution in [0.25, 0.3) is 0 Å². The molecule has 4 heteroatoms. The quantitative estimate of drug-likeness (QED) is 0.574. The largest absolute Gasteiger partial charge is 0.265 e. The first-order valence-corrected chi connectivity index (χ1v) is 3.48. The van der Waals surface area contributed by atoms with Gasteiger partial charge in [-0.2, -0.15) is 0 Å². The summed E-state index contributed by atoms with van der Waals surface area (Å²) in [5.74, 6) is 0. The van der Waals surface area contributed by atoms with Crippen molar-refractivity contribution in [3.63, 3.8) is 0 Å². The summed E-state index contributed by atoms with van der Waals surface area (Å²) in [6.45, 7) is 2.00. The van der Waals surface area contributed by atoms with Crippen molar-refractivity contribution >= 4 is 24.0 Å². The molecule has 0 aromatic carbocycles. The summed E-state index contributed by atoms with van der Waals surface area (Å²) in [4.78, 5) is 11.8. The zero-order chi connectivity index (χ0) is 8.24. The Balaban J connectivity index is 0. The normalized spacial score (nSPS) is 5.80.